The molecule has 0 bridgehead atoms. The zero-order valence-electron chi connectivity index (χ0n) is 15.4. The van der Waals surface area contributed by atoms with Gasteiger partial charge in [-0.2, -0.15) is 0 Å². The van der Waals surface area contributed by atoms with Crippen molar-refractivity contribution in [1.29, 1.82) is 0 Å². The molecule has 1 fully saturated rings. The SMILES string of the molecule is CCNC(=NCC(=O)NC(C)(C)C)NCC1(CC)CCCC1.I. The van der Waals surface area contributed by atoms with Crippen LogP contribution in [0.3, 0.4) is 0 Å². The molecule has 5 nitrogen and oxygen atoms in total. The summed E-state index contributed by atoms with van der Waals surface area (Å²) >= 11 is 0. The minimum absolute atomic E-state index is 0. The van der Waals surface area contributed by atoms with Gasteiger partial charge in [0.05, 0.1) is 0 Å². The Kier molecular flexibility index (Phi) is 10.1. The van der Waals surface area contributed by atoms with Gasteiger partial charge in [-0.3, -0.25) is 4.79 Å². The summed E-state index contributed by atoms with van der Waals surface area (Å²) in [5, 5.41) is 9.59. The third-order valence-corrected chi connectivity index (χ3v) is 4.28. The predicted octanol–water partition coefficient (Wildman–Crippen LogP) is 3.04. The maximum absolute atomic E-state index is 11.9. The van der Waals surface area contributed by atoms with Gasteiger partial charge in [-0.1, -0.05) is 19.8 Å². The van der Waals surface area contributed by atoms with Gasteiger partial charge in [-0.15, -0.1) is 24.0 Å². The van der Waals surface area contributed by atoms with Gasteiger partial charge in [-0.05, 0) is 52.4 Å². The fourth-order valence-corrected chi connectivity index (χ4v) is 3.00. The van der Waals surface area contributed by atoms with E-state index in [2.05, 4.69) is 27.9 Å². The number of aliphatic imine (C=N–C) groups is 1. The van der Waals surface area contributed by atoms with Crippen molar-refractivity contribution in [3.05, 3.63) is 0 Å². The van der Waals surface area contributed by atoms with Crippen molar-refractivity contribution >= 4 is 35.8 Å². The quantitative estimate of drug-likeness (QED) is 0.339. The van der Waals surface area contributed by atoms with Crippen LogP contribution in [0.2, 0.25) is 0 Å². The molecule has 1 aliphatic rings. The number of guanidine groups is 1. The molecular formula is C17H35IN4O. The highest BCUT2D eigenvalue weighted by Crippen LogP contribution is 2.40. The Hall–Kier alpha value is -0.530. The molecule has 0 aromatic carbocycles. The summed E-state index contributed by atoms with van der Waals surface area (Å²) in [6.45, 7) is 12.1. The van der Waals surface area contributed by atoms with Crippen LogP contribution in [-0.2, 0) is 4.79 Å². The van der Waals surface area contributed by atoms with Gasteiger partial charge in [0.25, 0.3) is 0 Å². The van der Waals surface area contributed by atoms with Gasteiger partial charge in [0, 0.05) is 18.6 Å². The second kappa shape index (κ2) is 10.4. The first-order valence-electron chi connectivity index (χ1n) is 8.63. The molecule has 6 heteroatoms. The maximum atomic E-state index is 11.9. The molecule has 1 aliphatic carbocycles. The minimum Gasteiger partial charge on any atom is -0.357 e. The summed E-state index contributed by atoms with van der Waals surface area (Å²) in [5.74, 6) is 0.696. The summed E-state index contributed by atoms with van der Waals surface area (Å²) in [7, 11) is 0. The van der Waals surface area contributed by atoms with E-state index in [-0.39, 0.29) is 42.0 Å². The van der Waals surface area contributed by atoms with Gasteiger partial charge >= 0.3 is 0 Å². The minimum atomic E-state index is -0.214. The highest BCUT2D eigenvalue weighted by molar-refractivity contribution is 14.0. The Morgan fingerprint density at radius 3 is 2.22 bits per heavy atom. The van der Waals surface area contributed by atoms with E-state index < -0.39 is 0 Å². The van der Waals surface area contributed by atoms with Gasteiger partial charge < -0.3 is 16.0 Å². The molecule has 0 unspecified atom stereocenters. The van der Waals surface area contributed by atoms with E-state index in [1.165, 1.54) is 32.1 Å². The zero-order valence-corrected chi connectivity index (χ0v) is 17.8. The lowest BCUT2D eigenvalue weighted by Gasteiger charge is -2.28. The molecule has 1 rings (SSSR count). The molecule has 136 valence electrons. The van der Waals surface area contributed by atoms with Crippen molar-refractivity contribution in [1.82, 2.24) is 16.0 Å². The normalized spacial score (nSPS) is 17.3. The number of halogens is 1. The van der Waals surface area contributed by atoms with Gasteiger partial charge in [0.2, 0.25) is 5.91 Å². The molecule has 0 aliphatic heterocycles. The van der Waals surface area contributed by atoms with Crippen LogP contribution in [0.15, 0.2) is 4.99 Å². The standard InChI is InChI=1S/C17H34N4O.HI/c1-6-17(10-8-9-11-17)13-20-15(18-7-2)19-12-14(22)21-16(3,4)5;/h6-13H2,1-5H3,(H,21,22)(H2,18,19,20);1H. The lowest BCUT2D eigenvalue weighted by molar-refractivity contribution is -0.121. The number of amides is 1. The molecule has 1 amide bonds. The number of carbonyl (C=O) groups excluding carboxylic acids is 1. The van der Waals surface area contributed by atoms with E-state index in [9.17, 15) is 4.79 Å². The molecule has 0 aromatic heterocycles. The van der Waals surface area contributed by atoms with Crippen LogP contribution in [0.1, 0.15) is 66.7 Å². The highest BCUT2D eigenvalue weighted by atomic mass is 127. The number of nitrogens with one attached hydrogen (secondary N) is 3. The maximum Gasteiger partial charge on any atom is 0.242 e. The molecule has 0 saturated heterocycles. The first-order chi connectivity index (χ1) is 10.3. The number of hydrogen-bond acceptors (Lipinski definition) is 2. The third-order valence-electron chi connectivity index (χ3n) is 4.28. The fourth-order valence-electron chi connectivity index (χ4n) is 3.00. The second-order valence-corrected chi connectivity index (χ2v) is 7.41. The summed E-state index contributed by atoms with van der Waals surface area (Å²) in [6.07, 6.45) is 6.44. The molecule has 0 radical (unpaired) electrons. The molecule has 0 heterocycles. The second-order valence-electron chi connectivity index (χ2n) is 7.41. The zero-order chi connectivity index (χ0) is 16.6. The lowest BCUT2D eigenvalue weighted by atomic mass is 9.83. The number of nitrogens with zero attached hydrogens (tertiary/aromatic N) is 1. The summed E-state index contributed by atoms with van der Waals surface area (Å²) < 4.78 is 0. The first kappa shape index (κ1) is 22.5. The number of rotatable bonds is 6. The Labute approximate surface area is 158 Å². The molecule has 0 spiro atoms. The molecule has 3 N–H and O–H groups in total. The Balaban J connectivity index is 0.00000484. The molecular weight excluding hydrogens is 403 g/mol. The molecule has 23 heavy (non-hydrogen) atoms. The molecule has 0 aromatic rings. The van der Waals surface area contributed by atoms with Crippen molar-refractivity contribution < 1.29 is 4.79 Å². The van der Waals surface area contributed by atoms with E-state index in [1.54, 1.807) is 0 Å². The van der Waals surface area contributed by atoms with E-state index in [0.717, 1.165) is 19.0 Å². The van der Waals surface area contributed by atoms with Crippen LogP contribution < -0.4 is 16.0 Å². The van der Waals surface area contributed by atoms with Crippen LogP contribution in [0.4, 0.5) is 0 Å². The van der Waals surface area contributed by atoms with Crippen LogP contribution in [-0.4, -0.2) is 37.0 Å². The fraction of sp³-hybridized carbons (Fsp3) is 0.882. The van der Waals surface area contributed by atoms with Gasteiger partial charge in [-0.25, -0.2) is 4.99 Å². The summed E-state index contributed by atoms with van der Waals surface area (Å²) in [6, 6.07) is 0. The average molecular weight is 438 g/mol. The largest absolute Gasteiger partial charge is 0.357 e. The van der Waals surface area contributed by atoms with Crippen molar-refractivity contribution in [2.75, 3.05) is 19.6 Å². The predicted molar refractivity (Wildman–Crippen MR) is 108 cm³/mol. The molecule has 1 saturated carbocycles. The van der Waals surface area contributed by atoms with Crippen LogP contribution in [0.25, 0.3) is 0 Å². The van der Waals surface area contributed by atoms with Crippen LogP contribution in [0, 0.1) is 5.41 Å². The van der Waals surface area contributed by atoms with Gasteiger partial charge in [0.15, 0.2) is 5.96 Å². The van der Waals surface area contributed by atoms with Crippen molar-refractivity contribution in [2.24, 2.45) is 10.4 Å². The monoisotopic (exact) mass is 438 g/mol. The third kappa shape index (κ3) is 8.77. The Morgan fingerprint density at radius 2 is 1.74 bits per heavy atom. The first-order valence-corrected chi connectivity index (χ1v) is 8.63. The average Bonchev–Trinajstić information content (AvgIpc) is 2.89. The Bertz CT molecular complexity index is 385. The number of carbonyl (C=O) groups is 1. The smallest absolute Gasteiger partial charge is 0.242 e. The van der Waals surface area contributed by atoms with Crippen molar-refractivity contribution in [2.45, 2.75) is 72.3 Å². The van der Waals surface area contributed by atoms with E-state index in [4.69, 9.17) is 0 Å². The van der Waals surface area contributed by atoms with E-state index in [1.807, 2.05) is 27.7 Å². The molecule has 0 atom stereocenters. The van der Waals surface area contributed by atoms with E-state index in [0.29, 0.717) is 5.41 Å². The van der Waals surface area contributed by atoms with Gasteiger partial charge in [0.1, 0.15) is 6.54 Å². The Morgan fingerprint density at radius 1 is 1.13 bits per heavy atom. The van der Waals surface area contributed by atoms with Crippen LogP contribution in [0.5, 0.6) is 0 Å². The highest BCUT2D eigenvalue weighted by Gasteiger charge is 2.31. The number of hydrogen-bond donors (Lipinski definition) is 3. The van der Waals surface area contributed by atoms with Crippen LogP contribution >= 0.6 is 24.0 Å². The summed E-state index contributed by atoms with van der Waals surface area (Å²) in [5.41, 5.74) is 0.193. The summed E-state index contributed by atoms with van der Waals surface area (Å²) in [4.78, 5) is 16.3. The topological polar surface area (TPSA) is 65.5 Å². The lowest BCUT2D eigenvalue weighted by Crippen LogP contribution is -2.45. The van der Waals surface area contributed by atoms with Crippen molar-refractivity contribution in [3.63, 3.8) is 0 Å². The van der Waals surface area contributed by atoms with E-state index >= 15 is 0 Å². The van der Waals surface area contributed by atoms with Crippen molar-refractivity contribution in [3.8, 4) is 0 Å².